The van der Waals surface area contributed by atoms with E-state index in [2.05, 4.69) is 34.7 Å². The summed E-state index contributed by atoms with van der Waals surface area (Å²) in [6.07, 6.45) is 4.37. The third kappa shape index (κ3) is 4.06. The van der Waals surface area contributed by atoms with E-state index < -0.39 is 0 Å². The molecule has 122 valence electrons. The van der Waals surface area contributed by atoms with Crippen LogP contribution < -0.4 is 5.32 Å². The molecule has 0 bridgehead atoms. The molecule has 1 atom stereocenters. The lowest BCUT2D eigenvalue weighted by molar-refractivity contribution is -0.136. The van der Waals surface area contributed by atoms with E-state index in [1.165, 1.54) is 4.88 Å². The van der Waals surface area contributed by atoms with Crippen LogP contribution in [0.1, 0.15) is 43.5 Å². The number of amides is 1. The molecule has 1 aromatic rings. The van der Waals surface area contributed by atoms with Gasteiger partial charge in [0, 0.05) is 47.5 Å². The second kappa shape index (κ2) is 7.84. The third-order valence-corrected chi connectivity index (χ3v) is 6.85. The van der Waals surface area contributed by atoms with Crippen LogP contribution in [-0.4, -0.2) is 41.4 Å². The van der Waals surface area contributed by atoms with Gasteiger partial charge in [0.15, 0.2) is 0 Å². The number of rotatable bonds is 4. The van der Waals surface area contributed by atoms with Gasteiger partial charge in [0.2, 0.25) is 5.91 Å². The Labute approximate surface area is 141 Å². The molecule has 1 aliphatic carbocycles. The van der Waals surface area contributed by atoms with Crippen LogP contribution in [0.15, 0.2) is 17.5 Å². The molecular formula is C17H26N2OS2. The van der Waals surface area contributed by atoms with Gasteiger partial charge in [0.05, 0.1) is 0 Å². The number of hydrogen-bond donors (Lipinski definition) is 1. The number of thioether (sulfide) groups is 1. The van der Waals surface area contributed by atoms with Crippen molar-refractivity contribution in [1.29, 1.82) is 0 Å². The highest BCUT2D eigenvalue weighted by atomic mass is 32.2. The van der Waals surface area contributed by atoms with Gasteiger partial charge < -0.3 is 10.2 Å². The van der Waals surface area contributed by atoms with Crippen LogP contribution in [0.25, 0.3) is 0 Å². The standard InChI is InChI=1S/C17H26N2OS2/c1-13(16-3-2-10-22-16)18-15-6-4-14(5-7-15)17(20)19-8-11-21-12-9-19/h2-3,10,13-15,18H,4-9,11-12H2,1H3/t13-,14?,15?/m1/s1. The monoisotopic (exact) mass is 338 g/mol. The van der Waals surface area contributed by atoms with Gasteiger partial charge >= 0.3 is 0 Å². The topological polar surface area (TPSA) is 32.3 Å². The molecule has 5 heteroatoms. The molecule has 2 fully saturated rings. The van der Waals surface area contributed by atoms with Crippen molar-refractivity contribution in [1.82, 2.24) is 10.2 Å². The molecule has 1 saturated carbocycles. The number of hydrogen-bond acceptors (Lipinski definition) is 4. The zero-order chi connectivity index (χ0) is 15.4. The summed E-state index contributed by atoms with van der Waals surface area (Å²) in [5, 5.41) is 5.88. The van der Waals surface area contributed by atoms with Gasteiger partial charge in [-0.2, -0.15) is 11.8 Å². The molecule has 1 N–H and O–H groups in total. The van der Waals surface area contributed by atoms with Gasteiger partial charge in [-0.15, -0.1) is 11.3 Å². The van der Waals surface area contributed by atoms with E-state index >= 15 is 0 Å². The van der Waals surface area contributed by atoms with E-state index in [4.69, 9.17) is 0 Å². The minimum atomic E-state index is 0.276. The Hall–Kier alpha value is -0.520. The molecule has 1 aliphatic heterocycles. The third-order valence-electron chi connectivity index (χ3n) is 4.85. The lowest BCUT2D eigenvalue weighted by Crippen LogP contribution is -2.44. The fraction of sp³-hybridized carbons (Fsp3) is 0.706. The number of nitrogens with one attached hydrogen (secondary N) is 1. The van der Waals surface area contributed by atoms with Crippen LogP contribution in [0.2, 0.25) is 0 Å². The van der Waals surface area contributed by atoms with E-state index in [0.29, 0.717) is 18.0 Å². The molecule has 2 heterocycles. The van der Waals surface area contributed by atoms with Crippen molar-refractivity contribution in [3.63, 3.8) is 0 Å². The van der Waals surface area contributed by atoms with Gasteiger partial charge in [-0.3, -0.25) is 4.79 Å². The number of carbonyl (C=O) groups excluding carboxylic acids is 1. The Kier molecular flexibility index (Phi) is 5.83. The normalized spacial score (nSPS) is 27.6. The maximum atomic E-state index is 12.6. The van der Waals surface area contributed by atoms with E-state index in [1.807, 2.05) is 23.1 Å². The quantitative estimate of drug-likeness (QED) is 0.911. The summed E-state index contributed by atoms with van der Waals surface area (Å²) in [4.78, 5) is 16.1. The van der Waals surface area contributed by atoms with Crippen LogP contribution in [0.5, 0.6) is 0 Å². The summed E-state index contributed by atoms with van der Waals surface area (Å²) in [6, 6.07) is 5.31. The zero-order valence-electron chi connectivity index (χ0n) is 13.3. The van der Waals surface area contributed by atoms with Crippen molar-refractivity contribution in [3.8, 4) is 0 Å². The van der Waals surface area contributed by atoms with Crippen LogP contribution in [-0.2, 0) is 4.79 Å². The minimum absolute atomic E-state index is 0.276. The Bertz CT molecular complexity index is 463. The Morgan fingerprint density at radius 1 is 1.27 bits per heavy atom. The first-order valence-corrected chi connectivity index (χ1v) is 10.4. The lowest BCUT2D eigenvalue weighted by Gasteiger charge is -2.34. The van der Waals surface area contributed by atoms with E-state index in [-0.39, 0.29) is 5.92 Å². The highest BCUT2D eigenvalue weighted by Crippen LogP contribution is 2.29. The van der Waals surface area contributed by atoms with Gasteiger partial charge in [0.25, 0.3) is 0 Å². The molecule has 0 aromatic carbocycles. The summed E-state index contributed by atoms with van der Waals surface area (Å²) in [5.41, 5.74) is 0. The van der Waals surface area contributed by atoms with E-state index in [1.54, 1.807) is 0 Å². The minimum Gasteiger partial charge on any atom is -0.341 e. The molecule has 1 amide bonds. The number of carbonyl (C=O) groups is 1. The van der Waals surface area contributed by atoms with Crippen molar-refractivity contribution < 1.29 is 4.79 Å². The molecule has 1 saturated heterocycles. The molecule has 3 nitrogen and oxygen atoms in total. The molecule has 3 rings (SSSR count). The zero-order valence-corrected chi connectivity index (χ0v) is 14.9. The molecule has 0 radical (unpaired) electrons. The van der Waals surface area contributed by atoms with Crippen molar-refractivity contribution in [2.75, 3.05) is 24.6 Å². The summed E-state index contributed by atoms with van der Waals surface area (Å²) in [6.45, 7) is 4.16. The molecule has 2 aliphatic rings. The van der Waals surface area contributed by atoms with E-state index in [0.717, 1.165) is 50.3 Å². The van der Waals surface area contributed by atoms with Crippen molar-refractivity contribution in [3.05, 3.63) is 22.4 Å². The average Bonchev–Trinajstić information content (AvgIpc) is 3.10. The molecule has 1 aromatic heterocycles. The molecule has 0 unspecified atom stereocenters. The SMILES string of the molecule is C[C@@H](NC1CCC(C(=O)N2CCSCC2)CC1)c1cccs1. The largest absolute Gasteiger partial charge is 0.341 e. The van der Waals surface area contributed by atoms with Crippen LogP contribution >= 0.6 is 23.1 Å². The Morgan fingerprint density at radius 3 is 2.64 bits per heavy atom. The highest BCUT2D eigenvalue weighted by Gasteiger charge is 2.30. The predicted molar refractivity (Wildman–Crippen MR) is 95.5 cm³/mol. The molecule has 22 heavy (non-hydrogen) atoms. The number of nitrogens with zero attached hydrogens (tertiary/aromatic N) is 1. The second-order valence-corrected chi connectivity index (χ2v) is 8.59. The van der Waals surface area contributed by atoms with Crippen molar-refractivity contribution in [2.45, 2.75) is 44.7 Å². The number of thiophene rings is 1. The maximum absolute atomic E-state index is 12.6. The van der Waals surface area contributed by atoms with Crippen LogP contribution in [0.3, 0.4) is 0 Å². The molecular weight excluding hydrogens is 312 g/mol. The first-order chi connectivity index (χ1) is 10.7. The first kappa shape index (κ1) is 16.3. The van der Waals surface area contributed by atoms with Gasteiger partial charge in [-0.05, 0) is 44.1 Å². The van der Waals surface area contributed by atoms with Crippen LogP contribution in [0.4, 0.5) is 0 Å². The predicted octanol–water partition coefficient (Wildman–Crippen LogP) is 3.53. The van der Waals surface area contributed by atoms with Crippen molar-refractivity contribution in [2.24, 2.45) is 5.92 Å². The van der Waals surface area contributed by atoms with Gasteiger partial charge in [-0.25, -0.2) is 0 Å². The van der Waals surface area contributed by atoms with Gasteiger partial charge in [0.1, 0.15) is 0 Å². The van der Waals surface area contributed by atoms with E-state index in [9.17, 15) is 4.79 Å². The smallest absolute Gasteiger partial charge is 0.225 e. The summed E-state index contributed by atoms with van der Waals surface area (Å²) >= 11 is 3.78. The fourth-order valence-electron chi connectivity index (χ4n) is 3.52. The summed E-state index contributed by atoms with van der Waals surface area (Å²) in [5.74, 6) is 2.92. The average molecular weight is 339 g/mol. The fourth-order valence-corrected chi connectivity index (χ4v) is 5.17. The van der Waals surface area contributed by atoms with Gasteiger partial charge in [-0.1, -0.05) is 6.07 Å². The summed E-state index contributed by atoms with van der Waals surface area (Å²) in [7, 11) is 0. The Morgan fingerprint density at radius 2 is 2.00 bits per heavy atom. The molecule has 0 spiro atoms. The first-order valence-electron chi connectivity index (χ1n) is 8.40. The highest BCUT2D eigenvalue weighted by molar-refractivity contribution is 7.99. The summed E-state index contributed by atoms with van der Waals surface area (Å²) < 4.78 is 0. The van der Waals surface area contributed by atoms with Crippen molar-refractivity contribution >= 4 is 29.0 Å². The maximum Gasteiger partial charge on any atom is 0.225 e. The second-order valence-electron chi connectivity index (χ2n) is 6.39. The van der Waals surface area contributed by atoms with Crippen LogP contribution in [0, 0.1) is 5.92 Å². The Balaban J connectivity index is 1.44. The lowest BCUT2D eigenvalue weighted by atomic mass is 9.84.